The highest BCUT2D eigenvalue weighted by Crippen LogP contribution is 2.32. The van der Waals surface area contributed by atoms with Crippen LogP contribution in [0.4, 0.5) is 0 Å². The number of aliphatic hydroxyl groups excluding tert-OH is 1. The van der Waals surface area contributed by atoms with Crippen molar-refractivity contribution in [2.45, 2.75) is 26.4 Å². The molecule has 1 atom stereocenters. The lowest BCUT2D eigenvalue weighted by Crippen LogP contribution is -2.04. The van der Waals surface area contributed by atoms with E-state index < -0.39 is 6.10 Å². The number of hydrogen-bond acceptors (Lipinski definition) is 3. The van der Waals surface area contributed by atoms with E-state index in [0.29, 0.717) is 6.61 Å². The summed E-state index contributed by atoms with van der Waals surface area (Å²) >= 11 is 1.61. The molecule has 0 aliphatic heterocycles. The first-order chi connectivity index (χ1) is 8.74. The Bertz CT molecular complexity index is 505. The summed E-state index contributed by atoms with van der Waals surface area (Å²) in [6.45, 7) is 4.76. The fourth-order valence-corrected chi connectivity index (χ4v) is 2.74. The molecule has 1 aromatic carbocycles. The highest BCUT2D eigenvalue weighted by Gasteiger charge is 2.17. The molecular weight excluding hydrogens is 244 g/mol. The van der Waals surface area contributed by atoms with Crippen molar-refractivity contribution in [2.75, 3.05) is 6.61 Å². The van der Waals surface area contributed by atoms with Crippen molar-refractivity contribution in [3.05, 3.63) is 51.7 Å². The topological polar surface area (TPSA) is 29.5 Å². The van der Waals surface area contributed by atoms with Crippen molar-refractivity contribution in [1.82, 2.24) is 0 Å². The van der Waals surface area contributed by atoms with Crippen LogP contribution >= 0.6 is 11.3 Å². The van der Waals surface area contributed by atoms with Gasteiger partial charge in [0.15, 0.2) is 0 Å². The second-order valence-electron chi connectivity index (χ2n) is 4.30. The van der Waals surface area contributed by atoms with Crippen LogP contribution in [0.2, 0.25) is 0 Å². The summed E-state index contributed by atoms with van der Waals surface area (Å²) in [6.07, 6.45) is 0.353. The number of para-hydroxylation sites is 1. The van der Waals surface area contributed by atoms with E-state index >= 15 is 0 Å². The van der Waals surface area contributed by atoms with Crippen molar-refractivity contribution in [3.8, 4) is 5.75 Å². The summed E-state index contributed by atoms with van der Waals surface area (Å²) in [4.78, 5) is 0. The molecule has 1 heterocycles. The van der Waals surface area contributed by atoms with E-state index in [-0.39, 0.29) is 0 Å². The van der Waals surface area contributed by atoms with Crippen LogP contribution in [-0.4, -0.2) is 11.7 Å². The Morgan fingerprint density at radius 2 is 2.00 bits per heavy atom. The van der Waals surface area contributed by atoms with Gasteiger partial charge in [-0.15, -0.1) is 0 Å². The fraction of sp³-hybridized carbons (Fsp3) is 0.333. The molecule has 1 unspecified atom stereocenters. The monoisotopic (exact) mass is 262 g/mol. The van der Waals surface area contributed by atoms with Gasteiger partial charge < -0.3 is 9.84 Å². The lowest BCUT2D eigenvalue weighted by atomic mass is 10.0. The molecule has 18 heavy (non-hydrogen) atoms. The van der Waals surface area contributed by atoms with Crippen molar-refractivity contribution < 1.29 is 9.84 Å². The molecule has 0 aliphatic carbocycles. The third-order valence-electron chi connectivity index (χ3n) is 2.87. The van der Waals surface area contributed by atoms with Crippen molar-refractivity contribution in [1.29, 1.82) is 0 Å². The molecule has 96 valence electrons. The first-order valence-electron chi connectivity index (χ1n) is 6.16. The van der Waals surface area contributed by atoms with Crippen LogP contribution in [0.3, 0.4) is 0 Å². The molecule has 1 aromatic heterocycles. The van der Waals surface area contributed by atoms with Crippen LogP contribution in [0, 0.1) is 6.92 Å². The van der Waals surface area contributed by atoms with Gasteiger partial charge in [-0.05, 0) is 41.3 Å². The zero-order valence-corrected chi connectivity index (χ0v) is 11.5. The molecule has 0 spiro atoms. The lowest BCUT2D eigenvalue weighted by Gasteiger charge is -2.16. The van der Waals surface area contributed by atoms with Crippen molar-refractivity contribution >= 4 is 11.3 Å². The summed E-state index contributed by atoms with van der Waals surface area (Å²) in [5, 5.41) is 14.5. The molecule has 0 saturated heterocycles. The van der Waals surface area contributed by atoms with E-state index in [4.69, 9.17) is 4.74 Å². The van der Waals surface area contributed by atoms with E-state index in [9.17, 15) is 5.11 Å². The van der Waals surface area contributed by atoms with Crippen LogP contribution in [0.5, 0.6) is 5.75 Å². The smallest absolute Gasteiger partial charge is 0.125 e. The zero-order chi connectivity index (χ0) is 13.0. The SMILES string of the molecule is CCCOc1ccccc1C(O)c1cscc1C. The highest BCUT2D eigenvalue weighted by atomic mass is 32.1. The maximum Gasteiger partial charge on any atom is 0.125 e. The predicted molar refractivity (Wildman–Crippen MR) is 75.3 cm³/mol. The molecule has 2 rings (SSSR count). The van der Waals surface area contributed by atoms with Gasteiger partial charge in [0.1, 0.15) is 11.9 Å². The largest absolute Gasteiger partial charge is 0.493 e. The van der Waals surface area contributed by atoms with Gasteiger partial charge in [0.05, 0.1) is 6.61 Å². The van der Waals surface area contributed by atoms with Crippen LogP contribution in [0.15, 0.2) is 35.0 Å². The summed E-state index contributed by atoms with van der Waals surface area (Å²) in [7, 11) is 0. The summed E-state index contributed by atoms with van der Waals surface area (Å²) < 4.78 is 5.69. The Morgan fingerprint density at radius 3 is 2.67 bits per heavy atom. The Morgan fingerprint density at radius 1 is 1.22 bits per heavy atom. The quantitative estimate of drug-likeness (QED) is 0.884. The van der Waals surface area contributed by atoms with Gasteiger partial charge in [-0.25, -0.2) is 0 Å². The molecule has 3 heteroatoms. The van der Waals surface area contributed by atoms with Crippen molar-refractivity contribution in [3.63, 3.8) is 0 Å². The van der Waals surface area contributed by atoms with Gasteiger partial charge in [0, 0.05) is 5.56 Å². The Kier molecular flexibility index (Phi) is 4.39. The highest BCUT2D eigenvalue weighted by molar-refractivity contribution is 7.08. The molecule has 0 radical (unpaired) electrons. The second kappa shape index (κ2) is 6.03. The van der Waals surface area contributed by atoms with E-state index in [1.807, 2.05) is 41.9 Å². The second-order valence-corrected chi connectivity index (χ2v) is 5.04. The number of rotatable bonds is 5. The fourth-order valence-electron chi connectivity index (χ4n) is 1.87. The first-order valence-corrected chi connectivity index (χ1v) is 7.10. The van der Waals surface area contributed by atoms with Crippen molar-refractivity contribution in [2.24, 2.45) is 0 Å². The number of ether oxygens (including phenoxy) is 1. The Labute approximate surface area is 112 Å². The standard InChI is InChI=1S/C15H18O2S/c1-3-8-17-14-7-5-4-6-12(14)15(16)13-10-18-9-11(13)2/h4-7,9-10,15-16H,3,8H2,1-2H3. The maximum atomic E-state index is 10.5. The Balaban J connectivity index is 2.30. The van der Waals surface area contributed by atoms with Gasteiger partial charge in [0.25, 0.3) is 0 Å². The molecule has 2 aromatic rings. The van der Waals surface area contributed by atoms with Gasteiger partial charge in [-0.1, -0.05) is 25.1 Å². The number of aryl methyl sites for hydroxylation is 1. The molecule has 2 nitrogen and oxygen atoms in total. The summed E-state index contributed by atoms with van der Waals surface area (Å²) in [5.41, 5.74) is 2.93. The third kappa shape index (κ3) is 2.74. The van der Waals surface area contributed by atoms with Crippen LogP contribution in [0.1, 0.15) is 36.1 Å². The molecule has 0 saturated carbocycles. The van der Waals surface area contributed by atoms with Crippen LogP contribution < -0.4 is 4.74 Å². The van der Waals surface area contributed by atoms with Gasteiger partial charge in [0.2, 0.25) is 0 Å². The minimum Gasteiger partial charge on any atom is -0.493 e. The average molecular weight is 262 g/mol. The maximum absolute atomic E-state index is 10.5. The van der Waals surface area contributed by atoms with Gasteiger partial charge in [-0.3, -0.25) is 0 Å². The minimum atomic E-state index is -0.607. The summed E-state index contributed by atoms with van der Waals surface area (Å²) in [5.74, 6) is 0.775. The molecule has 0 bridgehead atoms. The molecule has 0 fully saturated rings. The van der Waals surface area contributed by atoms with Gasteiger partial charge >= 0.3 is 0 Å². The lowest BCUT2D eigenvalue weighted by molar-refractivity contribution is 0.210. The van der Waals surface area contributed by atoms with Crippen LogP contribution in [-0.2, 0) is 0 Å². The van der Waals surface area contributed by atoms with Crippen LogP contribution in [0.25, 0.3) is 0 Å². The van der Waals surface area contributed by atoms with E-state index in [1.54, 1.807) is 11.3 Å². The number of benzene rings is 1. The minimum absolute atomic E-state index is 0.607. The Hall–Kier alpha value is -1.32. The predicted octanol–water partition coefficient (Wildman–Crippen LogP) is 3.93. The molecule has 0 amide bonds. The normalized spacial score (nSPS) is 12.4. The number of hydrogen-bond donors (Lipinski definition) is 1. The van der Waals surface area contributed by atoms with E-state index in [2.05, 4.69) is 6.92 Å². The third-order valence-corrected chi connectivity index (χ3v) is 3.74. The molecular formula is C15H18O2S. The summed E-state index contributed by atoms with van der Waals surface area (Å²) in [6, 6.07) is 7.70. The van der Waals surface area contributed by atoms with E-state index in [1.165, 1.54) is 0 Å². The average Bonchev–Trinajstić information content (AvgIpc) is 2.82. The number of aliphatic hydroxyl groups is 1. The number of thiophene rings is 1. The zero-order valence-electron chi connectivity index (χ0n) is 10.7. The molecule has 0 aliphatic rings. The van der Waals surface area contributed by atoms with Gasteiger partial charge in [-0.2, -0.15) is 11.3 Å². The molecule has 1 N–H and O–H groups in total. The first kappa shape index (κ1) is 13.1. The van der Waals surface area contributed by atoms with E-state index in [0.717, 1.165) is 28.9 Å².